The van der Waals surface area contributed by atoms with Gasteiger partial charge < -0.3 is 5.32 Å². The van der Waals surface area contributed by atoms with Crippen LogP contribution in [0.25, 0.3) is 0 Å². The van der Waals surface area contributed by atoms with Gasteiger partial charge in [-0.3, -0.25) is 9.67 Å². The van der Waals surface area contributed by atoms with E-state index in [2.05, 4.69) is 28.4 Å². The number of nitrogens with zero attached hydrogens (tertiary/aromatic N) is 3. The number of hydrogen-bond acceptors (Lipinski definition) is 3. The van der Waals surface area contributed by atoms with Gasteiger partial charge in [-0.15, -0.1) is 0 Å². The fourth-order valence-corrected chi connectivity index (χ4v) is 1.46. The summed E-state index contributed by atoms with van der Waals surface area (Å²) < 4.78 is 1.78. The predicted octanol–water partition coefficient (Wildman–Crippen LogP) is 1.99. The summed E-state index contributed by atoms with van der Waals surface area (Å²) in [5.41, 5.74) is 2.19. The molecule has 2 rings (SSSR count). The minimum absolute atomic E-state index is 0.239. The second kappa shape index (κ2) is 4.13. The molecule has 0 amide bonds. The van der Waals surface area contributed by atoms with Gasteiger partial charge >= 0.3 is 0 Å². The molecule has 0 bridgehead atoms. The van der Waals surface area contributed by atoms with Crippen molar-refractivity contribution in [1.29, 1.82) is 0 Å². The van der Waals surface area contributed by atoms with Gasteiger partial charge in [0.15, 0.2) is 0 Å². The molecule has 0 saturated carbocycles. The molecule has 0 aromatic carbocycles. The molecular weight excluding hydrogens is 188 g/mol. The lowest BCUT2D eigenvalue weighted by molar-refractivity contribution is 0.767. The molecule has 2 aromatic rings. The lowest BCUT2D eigenvalue weighted by Gasteiger charge is -2.12. The summed E-state index contributed by atoms with van der Waals surface area (Å²) in [6.45, 7) is 2.10. The number of rotatable bonds is 3. The molecule has 1 N–H and O–H groups in total. The average Bonchev–Trinajstić information content (AvgIpc) is 2.65. The maximum atomic E-state index is 4.10. The Bertz CT molecular complexity index is 421. The third-order valence-electron chi connectivity index (χ3n) is 2.27. The number of aromatic nitrogens is 3. The molecule has 78 valence electrons. The zero-order valence-corrected chi connectivity index (χ0v) is 8.88. The van der Waals surface area contributed by atoms with E-state index in [1.165, 1.54) is 5.56 Å². The van der Waals surface area contributed by atoms with Crippen molar-refractivity contribution < 1.29 is 0 Å². The monoisotopic (exact) mass is 202 g/mol. The fraction of sp³-hybridized carbons (Fsp3) is 0.273. The molecule has 4 heteroatoms. The topological polar surface area (TPSA) is 42.7 Å². The maximum Gasteiger partial charge on any atom is 0.0731 e. The van der Waals surface area contributed by atoms with E-state index in [1.807, 2.05) is 31.7 Å². The Hall–Kier alpha value is -1.84. The summed E-state index contributed by atoms with van der Waals surface area (Å²) >= 11 is 0. The standard InChI is InChI=1S/C11H14N4/c1-9(10-4-3-5-12-6-10)14-11-7-13-15(2)8-11/h3-9,14H,1-2H3/t9-/m0/s1. The van der Waals surface area contributed by atoms with E-state index in [0.29, 0.717) is 0 Å². The lowest BCUT2D eigenvalue weighted by Crippen LogP contribution is -2.05. The van der Waals surface area contributed by atoms with Gasteiger partial charge in [0.1, 0.15) is 0 Å². The van der Waals surface area contributed by atoms with Gasteiger partial charge in [0.25, 0.3) is 0 Å². The fourth-order valence-electron chi connectivity index (χ4n) is 1.46. The van der Waals surface area contributed by atoms with Crippen molar-refractivity contribution in [2.24, 2.45) is 7.05 Å². The van der Waals surface area contributed by atoms with Crippen molar-refractivity contribution in [3.8, 4) is 0 Å². The number of hydrogen-bond donors (Lipinski definition) is 1. The maximum absolute atomic E-state index is 4.10. The van der Waals surface area contributed by atoms with E-state index >= 15 is 0 Å². The van der Waals surface area contributed by atoms with Crippen molar-refractivity contribution in [3.05, 3.63) is 42.5 Å². The SMILES string of the molecule is C[C@H](Nc1cnn(C)c1)c1cccnc1. The van der Waals surface area contributed by atoms with Gasteiger partial charge in [-0.25, -0.2) is 0 Å². The van der Waals surface area contributed by atoms with Crippen molar-refractivity contribution in [2.45, 2.75) is 13.0 Å². The number of pyridine rings is 1. The van der Waals surface area contributed by atoms with Crippen molar-refractivity contribution in [3.63, 3.8) is 0 Å². The molecule has 0 radical (unpaired) electrons. The van der Waals surface area contributed by atoms with Crippen LogP contribution in [0.4, 0.5) is 5.69 Å². The first kappa shape index (κ1) is 9.71. The van der Waals surface area contributed by atoms with Crippen molar-refractivity contribution >= 4 is 5.69 Å². The van der Waals surface area contributed by atoms with Gasteiger partial charge in [0, 0.05) is 25.6 Å². The smallest absolute Gasteiger partial charge is 0.0731 e. The number of anilines is 1. The third-order valence-corrected chi connectivity index (χ3v) is 2.27. The molecule has 0 saturated heterocycles. The quantitative estimate of drug-likeness (QED) is 0.827. The van der Waals surface area contributed by atoms with Crippen LogP contribution in [0.3, 0.4) is 0 Å². The van der Waals surface area contributed by atoms with Crippen LogP contribution >= 0.6 is 0 Å². The Morgan fingerprint density at radius 2 is 2.27 bits per heavy atom. The summed E-state index contributed by atoms with van der Waals surface area (Å²) in [6, 6.07) is 4.24. The minimum atomic E-state index is 0.239. The van der Waals surface area contributed by atoms with Crippen LogP contribution in [0.15, 0.2) is 36.9 Å². The highest BCUT2D eigenvalue weighted by Crippen LogP contribution is 2.16. The van der Waals surface area contributed by atoms with E-state index in [0.717, 1.165) is 5.69 Å². The molecule has 0 aliphatic rings. The van der Waals surface area contributed by atoms with Crippen LogP contribution in [0, 0.1) is 0 Å². The summed E-state index contributed by atoms with van der Waals surface area (Å²) in [5, 5.41) is 7.46. The van der Waals surface area contributed by atoms with E-state index < -0.39 is 0 Å². The Morgan fingerprint density at radius 1 is 1.40 bits per heavy atom. The van der Waals surface area contributed by atoms with Gasteiger partial charge in [0.2, 0.25) is 0 Å². The lowest BCUT2D eigenvalue weighted by atomic mass is 10.1. The molecule has 0 aliphatic heterocycles. The highest BCUT2D eigenvalue weighted by Gasteiger charge is 2.05. The zero-order chi connectivity index (χ0) is 10.7. The van der Waals surface area contributed by atoms with E-state index in [4.69, 9.17) is 0 Å². The molecule has 4 nitrogen and oxygen atoms in total. The average molecular weight is 202 g/mol. The molecule has 0 spiro atoms. The molecule has 2 heterocycles. The second-order valence-electron chi connectivity index (χ2n) is 3.56. The first-order valence-corrected chi connectivity index (χ1v) is 4.91. The van der Waals surface area contributed by atoms with Crippen LogP contribution in [0.5, 0.6) is 0 Å². The van der Waals surface area contributed by atoms with Crippen LogP contribution in [-0.2, 0) is 7.05 Å². The Labute approximate surface area is 89.0 Å². The third kappa shape index (κ3) is 2.34. The highest BCUT2D eigenvalue weighted by molar-refractivity contribution is 5.40. The van der Waals surface area contributed by atoms with E-state index in [-0.39, 0.29) is 6.04 Å². The van der Waals surface area contributed by atoms with Crippen molar-refractivity contribution in [1.82, 2.24) is 14.8 Å². The molecule has 2 aromatic heterocycles. The first-order valence-electron chi connectivity index (χ1n) is 4.91. The molecule has 15 heavy (non-hydrogen) atoms. The molecule has 0 unspecified atom stereocenters. The summed E-state index contributed by atoms with van der Waals surface area (Å²) in [6.07, 6.45) is 7.41. The van der Waals surface area contributed by atoms with E-state index in [9.17, 15) is 0 Å². The summed E-state index contributed by atoms with van der Waals surface area (Å²) in [4.78, 5) is 4.09. The van der Waals surface area contributed by atoms with Crippen LogP contribution < -0.4 is 5.32 Å². The summed E-state index contributed by atoms with van der Waals surface area (Å²) in [5.74, 6) is 0. The highest BCUT2D eigenvalue weighted by atomic mass is 15.3. The first-order chi connectivity index (χ1) is 7.25. The Morgan fingerprint density at radius 3 is 2.87 bits per heavy atom. The van der Waals surface area contributed by atoms with Crippen LogP contribution in [0.2, 0.25) is 0 Å². The van der Waals surface area contributed by atoms with E-state index in [1.54, 1.807) is 10.9 Å². The zero-order valence-electron chi connectivity index (χ0n) is 8.88. The Balaban J connectivity index is 2.07. The van der Waals surface area contributed by atoms with Gasteiger partial charge in [-0.1, -0.05) is 6.07 Å². The van der Waals surface area contributed by atoms with Crippen LogP contribution in [0.1, 0.15) is 18.5 Å². The second-order valence-corrected chi connectivity index (χ2v) is 3.56. The van der Waals surface area contributed by atoms with Gasteiger partial charge in [0.05, 0.1) is 17.9 Å². The minimum Gasteiger partial charge on any atom is -0.376 e. The number of nitrogens with one attached hydrogen (secondary N) is 1. The van der Waals surface area contributed by atoms with Crippen LogP contribution in [-0.4, -0.2) is 14.8 Å². The Kier molecular flexibility index (Phi) is 2.67. The molecule has 0 aliphatic carbocycles. The van der Waals surface area contributed by atoms with Gasteiger partial charge in [-0.05, 0) is 18.6 Å². The molecular formula is C11H14N4. The largest absolute Gasteiger partial charge is 0.376 e. The summed E-state index contributed by atoms with van der Waals surface area (Å²) in [7, 11) is 1.90. The normalized spacial score (nSPS) is 12.4. The van der Waals surface area contributed by atoms with Crippen molar-refractivity contribution in [2.75, 3.05) is 5.32 Å². The number of aryl methyl sites for hydroxylation is 1. The van der Waals surface area contributed by atoms with Gasteiger partial charge in [-0.2, -0.15) is 5.10 Å². The molecule has 0 fully saturated rings. The molecule has 1 atom stereocenters. The predicted molar refractivity (Wildman–Crippen MR) is 59.5 cm³/mol.